The summed E-state index contributed by atoms with van der Waals surface area (Å²) in [5, 5.41) is 2.63. The Kier molecular flexibility index (Phi) is 2.70. The zero-order chi connectivity index (χ0) is 9.97. The summed E-state index contributed by atoms with van der Waals surface area (Å²) >= 11 is 0. The van der Waals surface area contributed by atoms with Crippen molar-refractivity contribution in [2.45, 2.75) is 38.2 Å². The van der Waals surface area contributed by atoms with E-state index < -0.39 is 0 Å². The molecule has 2 fully saturated rings. The first kappa shape index (κ1) is 9.49. The highest BCUT2D eigenvalue weighted by Crippen LogP contribution is 2.28. The molecule has 1 amide bonds. The van der Waals surface area contributed by atoms with Gasteiger partial charge in [0.05, 0.1) is 0 Å². The predicted molar refractivity (Wildman–Crippen MR) is 49.9 cm³/mol. The minimum atomic E-state index is -0.307. The van der Waals surface area contributed by atoms with E-state index in [2.05, 4.69) is 5.32 Å². The summed E-state index contributed by atoms with van der Waals surface area (Å²) in [6.45, 7) is 0.702. The summed E-state index contributed by atoms with van der Waals surface area (Å²) in [6, 6.07) is 0. The van der Waals surface area contributed by atoms with E-state index in [4.69, 9.17) is 4.74 Å². The maximum absolute atomic E-state index is 11.0. The molecule has 1 aliphatic carbocycles. The normalized spacial score (nSPS) is 29.6. The van der Waals surface area contributed by atoms with E-state index in [9.17, 15) is 9.59 Å². The molecular formula is C10H15NO3. The molecule has 1 saturated heterocycles. The molecule has 78 valence electrons. The third-order valence-corrected chi connectivity index (χ3v) is 3.07. The van der Waals surface area contributed by atoms with E-state index in [1.165, 1.54) is 0 Å². The van der Waals surface area contributed by atoms with E-state index in [0.29, 0.717) is 31.1 Å². The Balaban J connectivity index is 1.88. The molecule has 0 aromatic carbocycles. The van der Waals surface area contributed by atoms with Gasteiger partial charge in [0.25, 0.3) is 0 Å². The number of amides is 1. The Labute approximate surface area is 83.0 Å². The Hall–Kier alpha value is -1.06. The molecule has 0 aromatic heterocycles. The minimum absolute atomic E-state index is 0.0387. The summed E-state index contributed by atoms with van der Waals surface area (Å²) in [5.74, 6) is 0.750. The number of carbonyl (C=O) groups is 2. The number of alkyl carbamates (subject to hydrolysis) is 1. The van der Waals surface area contributed by atoms with Crippen molar-refractivity contribution in [2.75, 3.05) is 6.54 Å². The lowest BCUT2D eigenvalue weighted by Crippen LogP contribution is -2.42. The van der Waals surface area contributed by atoms with Gasteiger partial charge >= 0.3 is 6.09 Å². The second-order valence-corrected chi connectivity index (χ2v) is 4.04. The van der Waals surface area contributed by atoms with Crippen LogP contribution in [0.4, 0.5) is 4.79 Å². The van der Waals surface area contributed by atoms with E-state index in [1.54, 1.807) is 0 Å². The number of cyclic esters (lactones) is 1. The standard InChI is InChI=1S/C10H15NO3/c12-8-3-1-7(2-4-8)9-5-6-11-10(13)14-9/h7,9H,1-6H2,(H,11,13). The number of rotatable bonds is 1. The molecule has 1 unspecified atom stereocenters. The van der Waals surface area contributed by atoms with Crippen molar-refractivity contribution in [3.63, 3.8) is 0 Å². The topological polar surface area (TPSA) is 55.4 Å². The molecule has 1 N–H and O–H groups in total. The van der Waals surface area contributed by atoms with Gasteiger partial charge in [-0.05, 0) is 18.8 Å². The molecule has 1 aliphatic heterocycles. The highest BCUT2D eigenvalue weighted by Gasteiger charge is 2.31. The highest BCUT2D eigenvalue weighted by molar-refractivity contribution is 5.79. The van der Waals surface area contributed by atoms with Crippen LogP contribution in [0.15, 0.2) is 0 Å². The van der Waals surface area contributed by atoms with Crippen LogP contribution in [-0.4, -0.2) is 24.5 Å². The van der Waals surface area contributed by atoms with Crippen molar-refractivity contribution in [3.8, 4) is 0 Å². The number of nitrogens with one attached hydrogen (secondary N) is 1. The fourth-order valence-electron chi connectivity index (χ4n) is 2.22. The zero-order valence-corrected chi connectivity index (χ0v) is 8.12. The van der Waals surface area contributed by atoms with Crippen LogP contribution < -0.4 is 5.32 Å². The van der Waals surface area contributed by atoms with Crippen molar-refractivity contribution in [1.29, 1.82) is 0 Å². The van der Waals surface area contributed by atoms with Crippen LogP contribution in [0.2, 0.25) is 0 Å². The molecule has 0 radical (unpaired) electrons. The van der Waals surface area contributed by atoms with Gasteiger partial charge in [0, 0.05) is 25.8 Å². The number of hydrogen-bond donors (Lipinski definition) is 1. The quantitative estimate of drug-likeness (QED) is 0.688. The SMILES string of the molecule is O=C1CCC(C2CCNC(=O)O2)CC1. The summed E-state index contributed by atoms with van der Waals surface area (Å²) in [5.41, 5.74) is 0. The van der Waals surface area contributed by atoms with Gasteiger partial charge < -0.3 is 10.1 Å². The molecule has 4 nitrogen and oxygen atoms in total. The largest absolute Gasteiger partial charge is 0.446 e. The van der Waals surface area contributed by atoms with Gasteiger partial charge in [0.15, 0.2) is 0 Å². The Morgan fingerprint density at radius 1 is 1.14 bits per heavy atom. The van der Waals surface area contributed by atoms with Gasteiger partial charge in [0.2, 0.25) is 0 Å². The molecule has 0 spiro atoms. The van der Waals surface area contributed by atoms with Crippen molar-refractivity contribution >= 4 is 11.9 Å². The van der Waals surface area contributed by atoms with E-state index in [0.717, 1.165) is 19.3 Å². The molecule has 1 atom stereocenters. The Morgan fingerprint density at radius 2 is 1.86 bits per heavy atom. The second kappa shape index (κ2) is 3.98. The van der Waals surface area contributed by atoms with Crippen LogP contribution in [-0.2, 0) is 9.53 Å². The van der Waals surface area contributed by atoms with E-state index >= 15 is 0 Å². The van der Waals surface area contributed by atoms with Gasteiger partial charge in [-0.25, -0.2) is 4.79 Å². The first-order chi connectivity index (χ1) is 6.75. The lowest BCUT2D eigenvalue weighted by molar-refractivity contribution is -0.121. The lowest BCUT2D eigenvalue weighted by Gasteiger charge is -2.32. The highest BCUT2D eigenvalue weighted by atomic mass is 16.6. The summed E-state index contributed by atoms with van der Waals surface area (Å²) in [6.07, 6.45) is 3.70. The van der Waals surface area contributed by atoms with Crippen LogP contribution in [0.5, 0.6) is 0 Å². The van der Waals surface area contributed by atoms with Gasteiger partial charge in [-0.15, -0.1) is 0 Å². The number of hydrogen-bond acceptors (Lipinski definition) is 3. The summed E-state index contributed by atoms with van der Waals surface area (Å²) in [7, 11) is 0. The van der Waals surface area contributed by atoms with E-state index in [1.807, 2.05) is 0 Å². The van der Waals surface area contributed by atoms with E-state index in [-0.39, 0.29) is 12.2 Å². The Morgan fingerprint density at radius 3 is 2.50 bits per heavy atom. The monoisotopic (exact) mass is 197 g/mol. The molecule has 4 heteroatoms. The van der Waals surface area contributed by atoms with Crippen LogP contribution in [0, 0.1) is 5.92 Å². The smallest absolute Gasteiger partial charge is 0.407 e. The second-order valence-electron chi connectivity index (χ2n) is 4.04. The average Bonchev–Trinajstić information content (AvgIpc) is 2.19. The molecule has 2 rings (SSSR count). The molecule has 2 aliphatic rings. The van der Waals surface area contributed by atoms with Crippen molar-refractivity contribution in [1.82, 2.24) is 5.32 Å². The van der Waals surface area contributed by atoms with Crippen LogP contribution in [0.25, 0.3) is 0 Å². The fraction of sp³-hybridized carbons (Fsp3) is 0.800. The van der Waals surface area contributed by atoms with Crippen LogP contribution in [0.1, 0.15) is 32.1 Å². The van der Waals surface area contributed by atoms with Gasteiger partial charge in [-0.2, -0.15) is 0 Å². The third-order valence-electron chi connectivity index (χ3n) is 3.07. The molecule has 1 heterocycles. The molecule has 0 bridgehead atoms. The number of Topliss-reactive ketones (excluding diaryl/α,β-unsaturated/α-hetero) is 1. The first-order valence-electron chi connectivity index (χ1n) is 5.22. The maximum atomic E-state index is 11.0. The molecule has 0 aromatic rings. The number of ketones is 1. The van der Waals surface area contributed by atoms with Gasteiger partial charge in [-0.3, -0.25) is 4.79 Å². The zero-order valence-electron chi connectivity index (χ0n) is 8.12. The van der Waals surface area contributed by atoms with Crippen LogP contribution >= 0.6 is 0 Å². The summed E-state index contributed by atoms with van der Waals surface area (Å²) in [4.78, 5) is 22.0. The predicted octanol–water partition coefficient (Wildman–Crippen LogP) is 1.24. The minimum Gasteiger partial charge on any atom is -0.446 e. The molecule has 14 heavy (non-hydrogen) atoms. The first-order valence-corrected chi connectivity index (χ1v) is 5.22. The van der Waals surface area contributed by atoms with Gasteiger partial charge in [-0.1, -0.05) is 0 Å². The van der Waals surface area contributed by atoms with Crippen molar-refractivity contribution in [3.05, 3.63) is 0 Å². The number of carbonyl (C=O) groups excluding carboxylic acids is 2. The molecule has 1 saturated carbocycles. The van der Waals surface area contributed by atoms with Crippen molar-refractivity contribution in [2.24, 2.45) is 5.92 Å². The maximum Gasteiger partial charge on any atom is 0.407 e. The fourth-order valence-corrected chi connectivity index (χ4v) is 2.22. The van der Waals surface area contributed by atoms with Crippen LogP contribution in [0.3, 0.4) is 0 Å². The van der Waals surface area contributed by atoms with Gasteiger partial charge in [0.1, 0.15) is 11.9 Å². The average molecular weight is 197 g/mol. The lowest BCUT2D eigenvalue weighted by atomic mass is 9.83. The molecular weight excluding hydrogens is 182 g/mol. The summed E-state index contributed by atoms with van der Waals surface area (Å²) < 4.78 is 5.20. The Bertz CT molecular complexity index is 242. The number of ether oxygens (including phenoxy) is 1. The van der Waals surface area contributed by atoms with Crippen molar-refractivity contribution < 1.29 is 14.3 Å². The third kappa shape index (κ3) is 2.05.